The Hall–Kier alpha value is -2.55. The SMILES string of the molecule is CC(Oc1ccccc1F)C(=O)NCCN1C(=O)NC2C=CSC2C1=O. The predicted molar refractivity (Wildman–Crippen MR) is 94.1 cm³/mol. The zero-order valence-corrected chi connectivity index (χ0v) is 14.8. The quantitative estimate of drug-likeness (QED) is 0.777. The number of halogens is 1. The zero-order valence-electron chi connectivity index (χ0n) is 14.0. The monoisotopic (exact) mass is 379 g/mol. The summed E-state index contributed by atoms with van der Waals surface area (Å²) in [4.78, 5) is 37.5. The second kappa shape index (κ2) is 7.77. The van der Waals surface area contributed by atoms with Crippen molar-refractivity contribution in [1.29, 1.82) is 0 Å². The fourth-order valence-electron chi connectivity index (χ4n) is 2.64. The Morgan fingerprint density at radius 3 is 2.96 bits per heavy atom. The molecule has 4 amide bonds. The predicted octanol–water partition coefficient (Wildman–Crippen LogP) is 1.26. The van der Waals surface area contributed by atoms with Crippen molar-refractivity contribution in [1.82, 2.24) is 15.5 Å². The molecule has 2 aliphatic heterocycles. The number of ether oxygens (including phenoxy) is 1. The van der Waals surface area contributed by atoms with E-state index in [0.29, 0.717) is 0 Å². The smallest absolute Gasteiger partial charge is 0.324 e. The number of amides is 4. The fourth-order valence-corrected chi connectivity index (χ4v) is 3.64. The maximum absolute atomic E-state index is 13.5. The van der Waals surface area contributed by atoms with Crippen molar-refractivity contribution in [2.24, 2.45) is 0 Å². The molecule has 1 saturated heterocycles. The molecule has 0 bridgehead atoms. The molecule has 0 radical (unpaired) electrons. The lowest BCUT2D eigenvalue weighted by Gasteiger charge is -2.33. The molecule has 0 saturated carbocycles. The number of hydrogen-bond acceptors (Lipinski definition) is 5. The molecule has 0 aromatic heterocycles. The van der Waals surface area contributed by atoms with Crippen LogP contribution in [-0.4, -0.2) is 53.2 Å². The van der Waals surface area contributed by atoms with Crippen molar-refractivity contribution in [3.63, 3.8) is 0 Å². The Balaban J connectivity index is 1.48. The Kier molecular flexibility index (Phi) is 5.46. The van der Waals surface area contributed by atoms with Crippen molar-refractivity contribution in [3.05, 3.63) is 41.6 Å². The standard InChI is InChI=1S/C17H18FN3O4S/c1-10(25-13-5-3-2-4-11(13)18)15(22)19-7-8-21-16(23)14-12(6-9-26-14)20-17(21)24/h2-6,9-10,12,14H,7-8H2,1H3,(H,19,22)(H,20,24). The first-order valence-corrected chi connectivity index (χ1v) is 9.04. The second-order valence-electron chi connectivity index (χ2n) is 5.83. The minimum absolute atomic E-state index is 0.0162. The Morgan fingerprint density at radius 1 is 1.42 bits per heavy atom. The van der Waals surface area contributed by atoms with Crippen molar-refractivity contribution in [2.75, 3.05) is 13.1 Å². The molecule has 3 atom stereocenters. The fraction of sp³-hybridized carbons (Fsp3) is 0.353. The molecule has 1 aromatic carbocycles. The molecule has 2 heterocycles. The van der Waals surface area contributed by atoms with Gasteiger partial charge in [0.2, 0.25) is 5.91 Å². The summed E-state index contributed by atoms with van der Waals surface area (Å²) in [5, 5.41) is 6.76. The minimum Gasteiger partial charge on any atom is -0.478 e. The summed E-state index contributed by atoms with van der Waals surface area (Å²) in [5.41, 5.74) is 0. The van der Waals surface area contributed by atoms with Gasteiger partial charge in [-0.1, -0.05) is 18.2 Å². The number of carbonyl (C=O) groups is 3. The molecule has 3 rings (SSSR count). The Morgan fingerprint density at radius 2 is 2.19 bits per heavy atom. The number of hydrogen-bond donors (Lipinski definition) is 2. The van der Waals surface area contributed by atoms with E-state index in [1.165, 1.54) is 36.9 Å². The van der Waals surface area contributed by atoms with Crippen molar-refractivity contribution in [3.8, 4) is 5.75 Å². The van der Waals surface area contributed by atoms with E-state index < -0.39 is 23.9 Å². The number of rotatable bonds is 6. The van der Waals surface area contributed by atoms with Gasteiger partial charge in [0.25, 0.3) is 5.91 Å². The maximum atomic E-state index is 13.5. The molecule has 1 fully saturated rings. The van der Waals surface area contributed by atoms with E-state index in [1.807, 2.05) is 0 Å². The lowest BCUT2D eigenvalue weighted by Crippen LogP contribution is -2.61. The van der Waals surface area contributed by atoms with Gasteiger partial charge in [-0.05, 0) is 24.5 Å². The molecule has 3 unspecified atom stereocenters. The highest BCUT2D eigenvalue weighted by Gasteiger charge is 2.41. The summed E-state index contributed by atoms with van der Waals surface area (Å²) in [5.74, 6) is -1.32. The number of thioether (sulfide) groups is 1. The average molecular weight is 379 g/mol. The highest BCUT2D eigenvalue weighted by molar-refractivity contribution is 8.03. The van der Waals surface area contributed by atoms with Crippen LogP contribution < -0.4 is 15.4 Å². The van der Waals surface area contributed by atoms with Gasteiger partial charge in [0, 0.05) is 13.1 Å². The largest absolute Gasteiger partial charge is 0.478 e. The van der Waals surface area contributed by atoms with Crippen LogP contribution in [0.5, 0.6) is 5.75 Å². The summed E-state index contributed by atoms with van der Waals surface area (Å²) in [7, 11) is 0. The number of carbonyl (C=O) groups excluding carboxylic acids is 3. The van der Waals surface area contributed by atoms with E-state index in [0.717, 1.165) is 4.90 Å². The van der Waals surface area contributed by atoms with E-state index in [1.54, 1.807) is 17.6 Å². The molecule has 7 nitrogen and oxygen atoms in total. The molecule has 0 aliphatic carbocycles. The average Bonchev–Trinajstić information content (AvgIpc) is 3.08. The van der Waals surface area contributed by atoms with E-state index in [2.05, 4.69) is 10.6 Å². The highest BCUT2D eigenvalue weighted by atomic mass is 32.2. The van der Waals surface area contributed by atoms with Gasteiger partial charge in [-0.15, -0.1) is 11.8 Å². The summed E-state index contributed by atoms with van der Waals surface area (Å²) < 4.78 is 18.8. The summed E-state index contributed by atoms with van der Waals surface area (Å²) in [6.45, 7) is 1.62. The van der Waals surface area contributed by atoms with Crippen LogP contribution in [0, 0.1) is 5.82 Å². The number of imide groups is 1. The molecule has 26 heavy (non-hydrogen) atoms. The molecule has 9 heteroatoms. The van der Waals surface area contributed by atoms with Crippen LogP contribution >= 0.6 is 11.8 Å². The second-order valence-corrected chi connectivity index (χ2v) is 6.88. The third-order valence-electron chi connectivity index (χ3n) is 4.03. The van der Waals surface area contributed by atoms with E-state index >= 15 is 0 Å². The highest BCUT2D eigenvalue weighted by Crippen LogP contribution is 2.29. The van der Waals surface area contributed by atoms with Gasteiger partial charge in [0.1, 0.15) is 5.25 Å². The first-order valence-electron chi connectivity index (χ1n) is 8.10. The Labute approximate surface area is 153 Å². The molecule has 2 aliphatic rings. The third kappa shape index (κ3) is 3.82. The third-order valence-corrected chi connectivity index (χ3v) is 5.13. The summed E-state index contributed by atoms with van der Waals surface area (Å²) >= 11 is 1.36. The van der Waals surface area contributed by atoms with Crippen LogP contribution in [0.1, 0.15) is 6.92 Å². The van der Waals surface area contributed by atoms with Crippen LogP contribution in [0.2, 0.25) is 0 Å². The first kappa shape index (κ1) is 18.2. The lowest BCUT2D eigenvalue weighted by molar-refractivity contribution is -0.130. The number of urea groups is 1. The number of nitrogens with zero attached hydrogens (tertiary/aromatic N) is 1. The molecule has 138 valence electrons. The molecule has 2 N–H and O–H groups in total. The van der Waals surface area contributed by atoms with Gasteiger partial charge in [0.15, 0.2) is 17.7 Å². The zero-order chi connectivity index (χ0) is 18.7. The Bertz CT molecular complexity index is 757. The van der Waals surface area contributed by atoms with Crippen LogP contribution in [0.4, 0.5) is 9.18 Å². The molecule has 1 aromatic rings. The number of fused-ring (bicyclic) bond motifs is 1. The number of benzene rings is 1. The molecular formula is C17H18FN3O4S. The summed E-state index contributed by atoms with van der Waals surface area (Å²) in [6, 6.07) is 5.04. The van der Waals surface area contributed by atoms with E-state index in [-0.39, 0.29) is 36.0 Å². The van der Waals surface area contributed by atoms with Crippen molar-refractivity contribution >= 4 is 29.6 Å². The van der Waals surface area contributed by atoms with Crippen LogP contribution in [0.25, 0.3) is 0 Å². The van der Waals surface area contributed by atoms with Gasteiger partial charge in [0.05, 0.1) is 6.04 Å². The van der Waals surface area contributed by atoms with E-state index in [9.17, 15) is 18.8 Å². The van der Waals surface area contributed by atoms with E-state index in [4.69, 9.17) is 4.74 Å². The maximum Gasteiger partial charge on any atom is 0.324 e. The summed E-state index contributed by atoms with van der Waals surface area (Å²) in [6.07, 6.45) is 0.864. The van der Waals surface area contributed by atoms with Gasteiger partial charge >= 0.3 is 6.03 Å². The lowest BCUT2D eigenvalue weighted by atomic mass is 10.1. The topological polar surface area (TPSA) is 87.7 Å². The molecule has 0 spiro atoms. The first-order chi connectivity index (χ1) is 12.5. The van der Waals surface area contributed by atoms with Crippen molar-refractivity contribution in [2.45, 2.75) is 24.3 Å². The normalized spacial score (nSPS) is 22.6. The van der Waals surface area contributed by atoms with Crippen LogP contribution in [0.3, 0.4) is 0 Å². The van der Waals surface area contributed by atoms with Gasteiger partial charge in [-0.2, -0.15) is 0 Å². The van der Waals surface area contributed by atoms with Gasteiger partial charge in [-0.3, -0.25) is 14.5 Å². The van der Waals surface area contributed by atoms with Crippen molar-refractivity contribution < 1.29 is 23.5 Å². The number of nitrogens with one attached hydrogen (secondary N) is 2. The van der Waals surface area contributed by atoms with Crippen LogP contribution in [0.15, 0.2) is 35.7 Å². The van der Waals surface area contributed by atoms with Gasteiger partial charge in [-0.25, -0.2) is 9.18 Å². The van der Waals surface area contributed by atoms with Crippen LogP contribution in [-0.2, 0) is 9.59 Å². The molecular weight excluding hydrogens is 361 g/mol. The minimum atomic E-state index is -0.920. The van der Waals surface area contributed by atoms with Gasteiger partial charge < -0.3 is 15.4 Å². The number of para-hydroxylation sites is 1.